The van der Waals surface area contributed by atoms with Crippen molar-refractivity contribution in [2.75, 3.05) is 11.5 Å². The molecule has 1 amide bonds. The Hall–Kier alpha value is -3.12. The average molecular weight is 649 g/mol. The zero-order valence-corrected chi connectivity index (χ0v) is 27.9. The Balaban J connectivity index is 0.00000506. The maximum absolute atomic E-state index is 12.6. The summed E-state index contributed by atoms with van der Waals surface area (Å²) in [6.45, 7) is 5.15. The third-order valence-electron chi connectivity index (χ3n) is 8.01. The molecule has 0 fully saturated rings. The summed E-state index contributed by atoms with van der Waals surface area (Å²) in [4.78, 5) is 19.0. The number of hydrogen-bond donors (Lipinski definition) is 0. The van der Waals surface area contributed by atoms with Crippen LogP contribution in [0.15, 0.2) is 79.1 Å². The fourth-order valence-electron chi connectivity index (χ4n) is 5.54. The lowest BCUT2D eigenvalue weighted by Gasteiger charge is -2.22. The second-order valence-corrected chi connectivity index (χ2v) is 11.5. The molecule has 5 nitrogen and oxygen atoms in total. The first kappa shape index (κ1) is 34.4. The van der Waals surface area contributed by atoms with Gasteiger partial charge in [-0.25, -0.2) is 4.98 Å². The molecule has 6 heteroatoms. The Kier molecular flexibility index (Phi) is 15.4. The molecular formula is C37H50BrN3O2. The Bertz CT molecular complexity index is 1350. The molecule has 43 heavy (non-hydrogen) atoms. The molecule has 232 valence electrons. The number of ether oxygens (including phenoxy) is 1. The van der Waals surface area contributed by atoms with Gasteiger partial charge in [0.1, 0.15) is 11.6 Å². The van der Waals surface area contributed by atoms with Crippen LogP contribution in [0.2, 0.25) is 0 Å². The van der Waals surface area contributed by atoms with Crippen molar-refractivity contribution in [2.45, 2.75) is 104 Å². The number of rotatable bonds is 19. The molecule has 0 aliphatic heterocycles. The molecule has 0 atom stereocenters. The van der Waals surface area contributed by atoms with Crippen LogP contribution in [0.1, 0.15) is 108 Å². The minimum atomic E-state index is 0. The summed E-state index contributed by atoms with van der Waals surface area (Å²) in [6, 6.07) is 22.5. The van der Waals surface area contributed by atoms with Crippen LogP contribution in [-0.4, -0.2) is 21.9 Å². The zero-order valence-electron chi connectivity index (χ0n) is 26.2. The summed E-state index contributed by atoms with van der Waals surface area (Å²) >= 11 is 0. The number of aromatic nitrogens is 2. The largest absolute Gasteiger partial charge is 0.494 e. The van der Waals surface area contributed by atoms with Crippen LogP contribution in [0.5, 0.6) is 5.75 Å². The van der Waals surface area contributed by atoms with Gasteiger partial charge in [-0.3, -0.25) is 4.79 Å². The summed E-state index contributed by atoms with van der Waals surface area (Å²) in [5.74, 6) is 1.90. The fraction of sp³-hybridized carbons (Fsp3) is 0.459. The highest BCUT2D eigenvalue weighted by Crippen LogP contribution is 2.22. The number of carbonyl (C=O) groups is 1. The van der Waals surface area contributed by atoms with Crippen molar-refractivity contribution < 1.29 is 9.53 Å². The van der Waals surface area contributed by atoms with Crippen LogP contribution in [0.3, 0.4) is 0 Å². The van der Waals surface area contributed by atoms with Gasteiger partial charge in [-0.1, -0.05) is 108 Å². The zero-order chi connectivity index (χ0) is 29.4. The number of fused-ring (bicyclic) bond motifs is 1. The minimum Gasteiger partial charge on any atom is -0.494 e. The number of nitrogens with zero attached hydrogens (tertiary/aromatic N) is 3. The smallest absolute Gasteiger partial charge is 0.224 e. The highest BCUT2D eigenvalue weighted by atomic mass is 79.9. The Labute approximate surface area is 269 Å². The second-order valence-electron chi connectivity index (χ2n) is 11.5. The number of amides is 1. The number of benzene rings is 2. The molecule has 0 N–H and O–H groups in total. The summed E-state index contributed by atoms with van der Waals surface area (Å²) in [7, 11) is 0. The summed E-state index contributed by atoms with van der Waals surface area (Å²) < 4.78 is 8.19. The number of pyridine rings is 1. The Morgan fingerprint density at radius 3 is 2.14 bits per heavy atom. The lowest BCUT2D eigenvalue weighted by molar-refractivity contribution is -0.116. The average Bonchev–Trinajstić information content (AvgIpc) is 3.41. The van der Waals surface area contributed by atoms with Gasteiger partial charge >= 0.3 is 0 Å². The number of anilines is 1. The van der Waals surface area contributed by atoms with Gasteiger partial charge in [0.15, 0.2) is 0 Å². The van der Waals surface area contributed by atoms with Gasteiger partial charge in [0.25, 0.3) is 0 Å². The fourth-order valence-corrected chi connectivity index (χ4v) is 5.54. The van der Waals surface area contributed by atoms with Crippen molar-refractivity contribution in [3.8, 4) is 5.75 Å². The van der Waals surface area contributed by atoms with Gasteiger partial charge in [-0.05, 0) is 53.9 Å². The van der Waals surface area contributed by atoms with Crippen molar-refractivity contribution in [3.63, 3.8) is 0 Å². The quantitative estimate of drug-likeness (QED) is 0.0951. The molecular weight excluding hydrogens is 598 g/mol. The van der Waals surface area contributed by atoms with E-state index in [2.05, 4.69) is 46.6 Å². The van der Waals surface area contributed by atoms with E-state index in [0.29, 0.717) is 6.54 Å². The maximum Gasteiger partial charge on any atom is 0.224 e. The highest BCUT2D eigenvalue weighted by molar-refractivity contribution is 8.93. The van der Waals surface area contributed by atoms with Gasteiger partial charge in [0.05, 0.1) is 24.9 Å². The molecule has 0 saturated carbocycles. The summed E-state index contributed by atoms with van der Waals surface area (Å²) in [6.07, 6.45) is 20.7. The van der Waals surface area contributed by atoms with Gasteiger partial charge < -0.3 is 14.0 Å². The van der Waals surface area contributed by atoms with Gasteiger partial charge in [-0.15, -0.1) is 17.0 Å². The van der Waals surface area contributed by atoms with Crippen LogP contribution in [-0.2, 0) is 17.8 Å². The van der Waals surface area contributed by atoms with Crippen LogP contribution in [0.25, 0.3) is 5.52 Å². The Morgan fingerprint density at radius 1 is 0.791 bits per heavy atom. The molecule has 2 aromatic heterocycles. The first-order chi connectivity index (χ1) is 20.6. The van der Waals surface area contributed by atoms with E-state index in [1.807, 2.05) is 53.7 Å². The molecule has 4 aromatic rings. The van der Waals surface area contributed by atoms with E-state index in [-0.39, 0.29) is 22.9 Å². The highest BCUT2D eigenvalue weighted by Gasteiger charge is 2.13. The predicted molar refractivity (Wildman–Crippen MR) is 185 cm³/mol. The molecule has 0 spiro atoms. The molecule has 4 rings (SSSR count). The van der Waals surface area contributed by atoms with E-state index >= 15 is 0 Å². The number of halogens is 1. The van der Waals surface area contributed by atoms with Crippen molar-refractivity contribution in [2.24, 2.45) is 0 Å². The van der Waals surface area contributed by atoms with E-state index < -0.39 is 0 Å². The van der Waals surface area contributed by atoms with Crippen LogP contribution < -0.4 is 9.64 Å². The molecule has 0 unspecified atom stereocenters. The minimum absolute atomic E-state index is 0. The van der Waals surface area contributed by atoms with Gasteiger partial charge in [0, 0.05) is 25.2 Å². The van der Waals surface area contributed by atoms with Crippen molar-refractivity contribution in [3.05, 3.63) is 96.1 Å². The first-order valence-electron chi connectivity index (χ1n) is 16.1. The van der Waals surface area contributed by atoms with Gasteiger partial charge in [-0.2, -0.15) is 0 Å². The molecule has 0 aliphatic rings. The third kappa shape index (κ3) is 11.5. The Morgan fingerprint density at radius 2 is 1.47 bits per heavy atom. The molecule has 2 heterocycles. The standard InChI is InChI=1S/C37H49N3O2.BrH/c1-3-4-5-6-7-8-9-10-11-12-13-16-26-42-36-20-17-18-33(27-36)30-40(31(2)41)34-23-21-32(22-24-34)28-37-38-29-35-19-14-15-25-39(35)37;/h14-15,17-25,27,29H,3-13,16,26,28,30H2,1-2H3;1H. The molecule has 0 bridgehead atoms. The van der Waals surface area contributed by atoms with E-state index in [1.165, 1.54) is 70.6 Å². The topological polar surface area (TPSA) is 46.8 Å². The van der Waals surface area contributed by atoms with E-state index in [9.17, 15) is 4.79 Å². The second kappa shape index (κ2) is 19.2. The molecule has 0 saturated heterocycles. The number of imidazole rings is 1. The molecule has 0 aliphatic carbocycles. The van der Waals surface area contributed by atoms with Gasteiger partial charge in [0.2, 0.25) is 5.91 Å². The SMILES string of the molecule is Br.CCCCCCCCCCCCCCOc1cccc(CN(C(C)=O)c2ccc(Cc3ncc4ccccn34)cc2)c1. The number of hydrogen-bond acceptors (Lipinski definition) is 3. The third-order valence-corrected chi connectivity index (χ3v) is 8.01. The van der Waals surface area contributed by atoms with E-state index in [1.54, 1.807) is 6.92 Å². The van der Waals surface area contributed by atoms with Crippen LogP contribution in [0.4, 0.5) is 5.69 Å². The summed E-state index contributed by atoms with van der Waals surface area (Å²) in [5, 5.41) is 0. The van der Waals surface area contributed by atoms with E-state index in [0.717, 1.165) is 53.4 Å². The molecule has 2 aromatic carbocycles. The predicted octanol–water partition coefficient (Wildman–Crippen LogP) is 10.1. The van der Waals surface area contributed by atoms with Crippen LogP contribution >= 0.6 is 17.0 Å². The summed E-state index contributed by atoms with van der Waals surface area (Å²) in [5.41, 5.74) is 4.20. The van der Waals surface area contributed by atoms with Crippen molar-refractivity contribution in [1.29, 1.82) is 0 Å². The first-order valence-corrected chi connectivity index (χ1v) is 16.1. The van der Waals surface area contributed by atoms with Crippen molar-refractivity contribution in [1.82, 2.24) is 9.38 Å². The monoisotopic (exact) mass is 647 g/mol. The number of carbonyl (C=O) groups excluding carboxylic acids is 1. The van der Waals surface area contributed by atoms with E-state index in [4.69, 9.17) is 4.74 Å². The normalized spacial score (nSPS) is 10.9. The lowest BCUT2D eigenvalue weighted by atomic mass is 10.1. The number of unbranched alkanes of at least 4 members (excludes halogenated alkanes) is 11. The van der Waals surface area contributed by atoms with Crippen molar-refractivity contribution >= 4 is 34.1 Å². The van der Waals surface area contributed by atoms with Crippen LogP contribution in [0, 0.1) is 0 Å². The lowest BCUT2D eigenvalue weighted by Crippen LogP contribution is -2.27. The molecule has 0 radical (unpaired) electrons. The maximum atomic E-state index is 12.6.